The van der Waals surface area contributed by atoms with Crippen molar-refractivity contribution in [3.05, 3.63) is 29.3 Å². The maximum Gasteiger partial charge on any atom is 0.122 e. The zero-order valence-electron chi connectivity index (χ0n) is 12.7. The zero-order valence-corrected chi connectivity index (χ0v) is 12.7. The molecule has 1 heterocycles. The van der Waals surface area contributed by atoms with E-state index in [-0.39, 0.29) is 0 Å². The lowest BCUT2D eigenvalue weighted by Gasteiger charge is -2.17. The van der Waals surface area contributed by atoms with Gasteiger partial charge in [-0.3, -0.25) is 0 Å². The molecule has 20 heavy (non-hydrogen) atoms. The standard InChI is InChI=1S/C16H26N2O2/c1-12-4-5-16(13(2)8-12)20-11-15(19)9-17-14-6-7-18(3)10-14/h4-5,8,14-15,17,19H,6-7,9-11H2,1-3H3. The lowest BCUT2D eigenvalue weighted by Crippen LogP contribution is -2.39. The fourth-order valence-corrected chi connectivity index (χ4v) is 2.61. The highest BCUT2D eigenvalue weighted by molar-refractivity contribution is 5.35. The van der Waals surface area contributed by atoms with Gasteiger partial charge in [0.15, 0.2) is 0 Å². The summed E-state index contributed by atoms with van der Waals surface area (Å²) in [7, 11) is 2.13. The fraction of sp³-hybridized carbons (Fsp3) is 0.625. The highest BCUT2D eigenvalue weighted by atomic mass is 16.5. The second-order valence-corrected chi connectivity index (χ2v) is 5.89. The van der Waals surface area contributed by atoms with Crippen LogP contribution in [-0.2, 0) is 0 Å². The lowest BCUT2D eigenvalue weighted by molar-refractivity contribution is 0.103. The molecule has 0 spiro atoms. The van der Waals surface area contributed by atoms with Crippen molar-refractivity contribution < 1.29 is 9.84 Å². The van der Waals surface area contributed by atoms with Crippen molar-refractivity contribution >= 4 is 0 Å². The number of rotatable bonds is 6. The van der Waals surface area contributed by atoms with Gasteiger partial charge in [0.1, 0.15) is 18.5 Å². The van der Waals surface area contributed by atoms with Crippen LogP contribution in [0.5, 0.6) is 5.75 Å². The Labute approximate surface area is 121 Å². The molecular formula is C16H26N2O2. The summed E-state index contributed by atoms with van der Waals surface area (Å²) in [6, 6.07) is 6.59. The molecule has 1 aromatic rings. The van der Waals surface area contributed by atoms with Crippen molar-refractivity contribution in [2.45, 2.75) is 32.4 Å². The Hall–Kier alpha value is -1.10. The van der Waals surface area contributed by atoms with E-state index in [9.17, 15) is 5.11 Å². The summed E-state index contributed by atoms with van der Waals surface area (Å²) in [4.78, 5) is 2.30. The first kappa shape index (κ1) is 15.3. The number of hydrogen-bond donors (Lipinski definition) is 2. The van der Waals surface area contributed by atoms with Gasteiger partial charge in [-0.05, 0) is 45.5 Å². The Morgan fingerprint density at radius 3 is 2.90 bits per heavy atom. The molecule has 1 fully saturated rings. The van der Waals surface area contributed by atoms with Crippen molar-refractivity contribution in [2.75, 3.05) is 33.3 Å². The first-order chi connectivity index (χ1) is 9.54. The monoisotopic (exact) mass is 278 g/mol. The highest BCUT2D eigenvalue weighted by Crippen LogP contribution is 2.18. The summed E-state index contributed by atoms with van der Waals surface area (Å²) in [6.07, 6.45) is 0.683. The molecule has 0 aliphatic carbocycles. The maximum absolute atomic E-state index is 9.98. The zero-order chi connectivity index (χ0) is 14.5. The second kappa shape index (κ2) is 7.07. The quantitative estimate of drug-likeness (QED) is 0.824. The number of likely N-dealkylation sites (tertiary alicyclic amines) is 1. The van der Waals surface area contributed by atoms with Crippen LogP contribution >= 0.6 is 0 Å². The number of likely N-dealkylation sites (N-methyl/N-ethyl adjacent to an activating group) is 1. The lowest BCUT2D eigenvalue weighted by atomic mass is 10.1. The number of aryl methyl sites for hydroxylation is 2. The average Bonchev–Trinajstić information content (AvgIpc) is 2.81. The van der Waals surface area contributed by atoms with Gasteiger partial charge in [-0.25, -0.2) is 0 Å². The van der Waals surface area contributed by atoms with E-state index in [0.717, 1.165) is 30.8 Å². The van der Waals surface area contributed by atoms with Crippen LogP contribution in [0.25, 0.3) is 0 Å². The molecule has 2 atom stereocenters. The molecule has 0 bridgehead atoms. The summed E-state index contributed by atoms with van der Waals surface area (Å²) < 4.78 is 5.69. The first-order valence-electron chi connectivity index (χ1n) is 7.34. The number of aliphatic hydroxyl groups excluding tert-OH is 1. The SMILES string of the molecule is Cc1ccc(OCC(O)CNC2CCN(C)C2)c(C)c1. The number of nitrogens with zero attached hydrogens (tertiary/aromatic N) is 1. The van der Waals surface area contributed by atoms with Gasteiger partial charge in [0.2, 0.25) is 0 Å². The molecule has 0 radical (unpaired) electrons. The van der Waals surface area contributed by atoms with Crippen LogP contribution < -0.4 is 10.1 Å². The molecule has 0 amide bonds. The van der Waals surface area contributed by atoms with Crippen molar-refractivity contribution in [1.82, 2.24) is 10.2 Å². The molecule has 4 nitrogen and oxygen atoms in total. The predicted octanol–water partition coefficient (Wildman–Crippen LogP) is 1.34. The van der Waals surface area contributed by atoms with Crippen molar-refractivity contribution in [3.8, 4) is 5.75 Å². The Bertz CT molecular complexity index is 436. The molecule has 2 rings (SSSR count). The Morgan fingerprint density at radius 1 is 1.45 bits per heavy atom. The van der Waals surface area contributed by atoms with Crippen LogP contribution in [0.3, 0.4) is 0 Å². The van der Waals surface area contributed by atoms with E-state index < -0.39 is 6.10 Å². The third-order valence-corrected chi connectivity index (χ3v) is 3.80. The van der Waals surface area contributed by atoms with Crippen molar-refractivity contribution in [1.29, 1.82) is 0 Å². The molecule has 1 aromatic carbocycles. The highest BCUT2D eigenvalue weighted by Gasteiger charge is 2.19. The molecule has 2 N–H and O–H groups in total. The van der Waals surface area contributed by atoms with Crippen molar-refractivity contribution in [3.63, 3.8) is 0 Å². The Balaban J connectivity index is 1.70. The molecule has 4 heteroatoms. The minimum atomic E-state index is -0.471. The second-order valence-electron chi connectivity index (χ2n) is 5.89. The van der Waals surface area contributed by atoms with E-state index in [1.807, 2.05) is 19.1 Å². The summed E-state index contributed by atoms with van der Waals surface area (Å²) in [5, 5.41) is 13.4. The minimum absolute atomic E-state index is 0.333. The summed E-state index contributed by atoms with van der Waals surface area (Å²) >= 11 is 0. The van der Waals surface area contributed by atoms with Crippen LogP contribution in [-0.4, -0.2) is 55.4 Å². The third-order valence-electron chi connectivity index (χ3n) is 3.80. The van der Waals surface area contributed by atoms with Gasteiger partial charge in [-0.2, -0.15) is 0 Å². The molecule has 112 valence electrons. The number of aliphatic hydroxyl groups is 1. The predicted molar refractivity (Wildman–Crippen MR) is 81.3 cm³/mol. The van der Waals surface area contributed by atoms with Gasteiger partial charge in [-0.15, -0.1) is 0 Å². The molecule has 0 aromatic heterocycles. The molecule has 1 saturated heterocycles. The third kappa shape index (κ3) is 4.47. The van der Waals surface area contributed by atoms with E-state index in [1.54, 1.807) is 0 Å². The van der Waals surface area contributed by atoms with Gasteiger partial charge in [0.05, 0.1) is 0 Å². The number of benzene rings is 1. The maximum atomic E-state index is 9.98. The minimum Gasteiger partial charge on any atom is -0.491 e. The van der Waals surface area contributed by atoms with Gasteiger partial charge in [0.25, 0.3) is 0 Å². The van der Waals surface area contributed by atoms with Gasteiger partial charge < -0.3 is 20.1 Å². The normalized spacial score (nSPS) is 21.1. The average molecular weight is 278 g/mol. The Kier molecular flexibility index (Phi) is 5.40. The smallest absolute Gasteiger partial charge is 0.122 e. The van der Waals surface area contributed by atoms with E-state index >= 15 is 0 Å². The van der Waals surface area contributed by atoms with Gasteiger partial charge in [-0.1, -0.05) is 17.7 Å². The summed E-state index contributed by atoms with van der Waals surface area (Å²) in [5.41, 5.74) is 2.34. The topological polar surface area (TPSA) is 44.7 Å². The van der Waals surface area contributed by atoms with Crippen LogP contribution in [0.1, 0.15) is 17.5 Å². The van der Waals surface area contributed by atoms with Gasteiger partial charge in [0, 0.05) is 19.1 Å². The number of nitrogens with one attached hydrogen (secondary N) is 1. The van der Waals surface area contributed by atoms with Gasteiger partial charge >= 0.3 is 0 Å². The van der Waals surface area contributed by atoms with E-state index in [2.05, 4.69) is 30.3 Å². The van der Waals surface area contributed by atoms with E-state index in [0.29, 0.717) is 19.2 Å². The summed E-state index contributed by atoms with van der Waals surface area (Å²) in [5.74, 6) is 0.857. The first-order valence-corrected chi connectivity index (χ1v) is 7.34. The molecule has 2 unspecified atom stereocenters. The fourth-order valence-electron chi connectivity index (χ4n) is 2.61. The number of hydrogen-bond acceptors (Lipinski definition) is 4. The van der Waals surface area contributed by atoms with Crippen LogP contribution in [0.4, 0.5) is 0 Å². The van der Waals surface area contributed by atoms with E-state index in [4.69, 9.17) is 4.74 Å². The Morgan fingerprint density at radius 2 is 2.25 bits per heavy atom. The number of ether oxygens (including phenoxy) is 1. The molecular weight excluding hydrogens is 252 g/mol. The molecule has 1 aliphatic rings. The molecule has 0 saturated carbocycles. The van der Waals surface area contributed by atoms with Crippen LogP contribution in [0.15, 0.2) is 18.2 Å². The molecule has 1 aliphatic heterocycles. The van der Waals surface area contributed by atoms with Crippen LogP contribution in [0.2, 0.25) is 0 Å². The largest absolute Gasteiger partial charge is 0.491 e. The van der Waals surface area contributed by atoms with Crippen LogP contribution in [0, 0.1) is 13.8 Å². The van der Waals surface area contributed by atoms with E-state index in [1.165, 1.54) is 5.56 Å². The van der Waals surface area contributed by atoms with Crippen molar-refractivity contribution in [2.24, 2.45) is 0 Å². The summed E-state index contributed by atoms with van der Waals surface area (Å²) in [6.45, 7) is 7.20.